The number of hydrogen-bond acceptors (Lipinski definition) is 3. The normalized spacial score (nSPS) is 18.9. The molecule has 1 atom stereocenters. The minimum absolute atomic E-state index is 0.0138. The first-order chi connectivity index (χ1) is 11.0. The zero-order valence-electron chi connectivity index (χ0n) is 14.0. The molecular formula is C19H26N2O2. The van der Waals surface area contributed by atoms with Crippen LogP contribution in [0.3, 0.4) is 0 Å². The lowest BCUT2D eigenvalue weighted by atomic mass is 9.70. The molecule has 2 rings (SSSR count). The number of benzene rings is 1. The predicted octanol–water partition coefficient (Wildman–Crippen LogP) is 2.30. The molecule has 1 N–H and O–H groups in total. The van der Waals surface area contributed by atoms with Gasteiger partial charge in [-0.25, -0.2) is 0 Å². The monoisotopic (exact) mass is 314 g/mol. The van der Waals surface area contributed by atoms with Gasteiger partial charge in [0.1, 0.15) is 5.78 Å². The van der Waals surface area contributed by atoms with Crippen LogP contribution in [0.15, 0.2) is 43.0 Å². The summed E-state index contributed by atoms with van der Waals surface area (Å²) in [5.74, 6) is 0.229. The van der Waals surface area contributed by atoms with Crippen LogP contribution in [0.5, 0.6) is 0 Å². The zero-order valence-corrected chi connectivity index (χ0v) is 14.0. The third-order valence-corrected chi connectivity index (χ3v) is 5.00. The van der Waals surface area contributed by atoms with Crippen LogP contribution >= 0.6 is 0 Å². The van der Waals surface area contributed by atoms with Crippen molar-refractivity contribution in [2.45, 2.75) is 38.1 Å². The van der Waals surface area contributed by atoms with Gasteiger partial charge in [-0.1, -0.05) is 36.4 Å². The number of carbonyl (C=O) groups excluding carboxylic acids is 2. The quantitative estimate of drug-likeness (QED) is 0.820. The van der Waals surface area contributed by atoms with Crippen molar-refractivity contribution in [2.75, 3.05) is 19.6 Å². The van der Waals surface area contributed by atoms with E-state index in [1.165, 1.54) is 0 Å². The maximum atomic E-state index is 12.4. The Kier molecular flexibility index (Phi) is 5.72. The third kappa shape index (κ3) is 3.70. The minimum Gasteiger partial charge on any atom is -0.351 e. The molecule has 1 amide bonds. The van der Waals surface area contributed by atoms with Crippen LogP contribution < -0.4 is 5.32 Å². The van der Waals surface area contributed by atoms with Gasteiger partial charge in [0.05, 0.1) is 11.5 Å². The summed E-state index contributed by atoms with van der Waals surface area (Å²) in [5, 5.41) is 2.84. The van der Waals surface area contributed by atoms with Gasteiger partial charge in [0.15, 0.2) is 0 Å². The summed E-state index contributed by atoms with van der Waals surface area (Å²) in [6, 6.07) is 9.83. The van der Waals surface area contributed by atoms with E-state index >= 15 is 0 Å². The number of Topliss-reactive ketones (excluding diaryl/α,β-unsaturated/α-hetero) is 1. The first-order valence-electron chi connectivity index (χ1n) is 8.20. The van der Waals surface area contributed by atoms with Crippen LogP contribution in [0.1, 0.15) is 32.3 Å². The van der Waals surface area contributed by atoms with Gasteiger partial charge < -0.3 is 5.32 Å². The molecule has 1 aliphatic heterocycles. The topological polar surface area (TPSA) is 49.4 Å². The van der Waals surface area contributed by atoms with Crippen molar-refractivity contribution in [3.05, 3.63) is 48.6 Å². The van der Waals surface area contributed by atoms with Crippen molar-refractivity contribution in [3.63, 3.8) is 0 Å². The maximum absolute atomic E-state index is 12.4. The summed E-state index contributed by atoms with van der Waals surface area (Å²) in [6.45, 7) is 9.19. The van der Waals surface area contributed by atoms with Crippen LogP contribution in [0, 0.1) is 0 Å². The van der Waals surface area contributed by atoms with Gasteiger partial charge >= 0.3 is 0 Å². The molecule has 4 nitrogen and oxygen atoms in total. The Morgan fingerprint density at radius 1 is 1.30 bits per heavy atom. The molecule has 1 aliphatic rings. The molecule has 0 bridgehead atoms. The van der Waals surface area contributed by atoms with Crippen LogP contribution in [0.4, 0.5) is 0 Å². The highest BCUT2D eigenvalue weighted by Crippen LogP contribution is 2.36. The van der Waals surface area contributed by atoms with Gasteiger partial charge in [-0.05, 0) is 32.3 Å². The van der Waals surface area contributed by atoms with E-state index in [1.807, 2.05) is 37.3 Å². The molecule has 0 spiro atoms. The first-order valence-corrected chi connectivity index (χ1v) is 8.20. The summed E-state index contributed by atoms with van der Waals surface area (Å²) >= 11 is 0. The van der Waals surface area contributed by atoms with Gasteiger partial charge in [0.25, 0.3) is 0 Å². The van der Waals surface area contributed by atoms with Crippen molar-refractivity contribution in [1.29, 1.82) is 0 Å². The molecule has 1 heterocycles. The van der Waals surface area contributed by atoms with Crippen LogP contribution in [0.2, 0.25) is 0 Å². The molecule has 0 saturated carbocycles. The Bertz CT molecular complexity index is 560. The molecule has 1 fully saturated rings. The van der Waals surface area contributed by atoms with Crippen LogP contribution in [0.25, 0.3) is 0 Å². The molecule has 1 saturated heterocycles. The fourth-order valence-corrected chi connectivity index (χ4v) is 3.38. The molecule has 1 aromatic carbocycles. The van der Waals surface area contributed by atoms with Crippen LogP contribution in [-0.4, -0.2) is 42.3 Å². The maximum Gasteiger partial charge on any atom is 0.237 e. The molecular weight excluding hydrogens is 288 g/mol. The highest BCUT2D eigenvalue weighted by molar-refractivity contribution is 5.88. The SMILES string of the molecule is C=CCNC(=O)C(C)N1CCC(C(C)=O)(c2ccccc2)CC1. The summed E-state index contributed by atoms with van der Waals surface area (Å²) in [4.78, 5) is 26.6. The average Bonchev–Trinajstić information content (AvgIpc) is 2.59. The second-order valence-electron chi connectivity index (χ2n) is 6.25. The molecule has 0 aromatic heterocycles. The van der Waals surface area contributed by atoms with E-state index in [1.54, 1.807) is 13.0 Å². The number of ketones is 1. The Labute approximate surface area is 138 Å². The van der Waals surface area contributed by atoms with Crippen molar-refractivity contribution in [2.24, 2.45) is 0 Å². The number of hydrogen-bond donors (Lipinski definition) is 1. The smallest absolute Gasteiger partial charge is 0.237 e. The number of likely N-dealkylation sites (tertiary alicyclic amines) is 1. The number of amides is 1. The van der Waals surface area contributed by atoms with E-state index in [9.17, 15) is 9.59 Å². The molecule has 1 unspecified atom stereocenters. The molecule has 1 aromatic rings. The summed E-state index contributed by atoms with van der Waals surface area (Å²) in [7, 11) is 0. The van der Waals surface area contributed by atoms with E-state index in [4.69, 9.17) is 0 Å². The Hall–Kier alpha value is -1.94. The third-order valence-electron chi connectivity index (χ3n) is 5.00. The molecule has 4 heteroatoms. The number of nitrogens with zero attached hydrogens (tertiary/aromatic N) is 1. The van der Waals surface area contributed by atoms with Crippen molar-refractivity contribution >= 4 is 11.7 Å². The second-order valence-corrected chi connectivity index (χ2v) is 6.25. The highest BCUT2D eigenvalue weighted by atomic mass is 16.2. The number of carbonyl (C=O) groups is 2. The fourth-order valence-electron chi connectivity index (χ4n) is 3.38. The lowest BCUT2D eigenvalue weighted by Gasteiger charge is -2.42. The van der Waals surface area contributed by atoms with Crippen molar-refractivity contribution < 1.29 is 9.59 Å². The van der Waals surface area contributed by atoms with Crippen molar-refractivity contribution in [3.8, 4) is 0 Å². The molecule has 23 heavy (non-hydrogen) atoms. The van der Waals surface area contributed by atoms with Crippen molar-refractivity contribution in [1.82, 2.24) is 10.2 Å². The minimum atomic E-state index is -0.408. The zero-order chi connectivity index (χ0) is 16.9. The van der Waals surface area contributed by atoms with Gasteiger partial charge in [0, 0.05) is 19.6 Å². The Morgan fingerprint density at radius 2 is 1.91 bits per heavy atom. The van der Waals surface area contributed by atoms with E-state index in [2.05, 4.69) is 16.8 Å². The van der Waals surface area contributed by atoms with E-state index in [0.717, 1.165) is 31.5 Å². The molecule has 0 radical (unpaired) electrons. The summed E-state index contributed by atoms with van der Waals surface area (Å²) in [5.41, 5.74) is 0.686. The standard InChI is InChI=1S/C19H26N2O2/c1-4-12-20-18(23)15(2)21-13-10-19(11-14-21,16(3)22)17-8-6-5-7-9-17/h4-9,15H,1,10-14H2,2-3H3,(H,20,23). The largest absolute Gasteiger partial charge is 0.351 e. The van der Waals surface area contributed by atoms with E-state index in [0.29, 0.717) is 6.54 Å². The highest BCUT2D eigenvalue weighted by Gasteiger charge is 2.41. The number of nitrogens with one attached hydrogen (secondary N) is 1. The first kappa shape index (κ1) is 17.4. The van der Waals surface area contributed by atoms with E-state index in [-0.39, 0.29) is 17.7 Å². The second kappa shape index (κ2) is 7.55. The van der Waals surface area contributed by atoms with E-state index < -0.39 is 5.41 Å². The molecule has 124 valence electrons. The number of rotatable bonds is 6. The number of piperidine rings is 1. The summed E-state index contributed by atoms with van der Waals surface area (Å²) < 4.78 is 0. The van der Waals surface area contributed by atoms with Gasteiger partial charge in [-0.15, -0.1) is 6.58 Å². The molecule has 0 aliphatic carbocycles. The predicted molar refractivity (Wildman–Crippen MR) is 92.3 cm³/mol. The van der Waals surface area contributed by atoms with Gasteiger partial charge in [-0.2, -0.15) is 0 Å². The Morgan fingerprint density at radius 3 is 2.43 bits per heavy atom. The lowest BCUT2D eigenvalue weighted by molar-refractivity contribution is -0.128. The Balaban J connectivity index is 2.07. The van der Waals surface area contributed by atoms with Gasteiger partial charge in [0.2, 0.25) is 5.91 Å². The van der Waals surface area contributed by atoms with Crippen LogP contribution in [-0.2, 0) is 15.0 Å². The fraction of sp³-hybridized carbons (Fsp3) is 0.474. The lowest BCUT2D eigenvalue weighted by Crippen LogP contribution is -2.53. The summed E-state index contributed by atoms with van der Waals surface area (Å²) in [6.07, 6.45) is 3.19. The average molecular weight is 314 g/mol. The van der Waals surface area contributed by atoms with Gasteiger partial charge in [-0.3, -0.25) is 14.5 Å².